The normalized spacial score (nSPS) is 14.6. The highest BCUT2D eigenvalue weighted by Gasteiger charge is 2.31. The molecule has 0 radical (unpaired) electrons. The van der Waals surface area contributed by atoms with E-state index in [-0.39, 0.29) is 48.8 Å². The monoisotopic (exact) mass is 631 g/mol. The van der Waals surface area contributed by atoms with E-state index in [4.69, 9.17) is 39.5 Å². The van der Waals surface area contributed by atoms with Gasteiger partial charge in [0.1, 0.15) is 11.8 Å². The van der Waals surface area contributed by atoms with Crippen LogP contribution in [-0.4, -0.2) is 57.1 Å². The highest BCUT2D eigenvalue weighted by molar-refractivity contribution is 7.92. The first-order valence-electron chi connectivity index (χ1n) is 13.3. The molecule has 40 heavy (non-hydrogen) atoms. The summed E-state index contributed by atoms with van der Waals surface area (Å²) in [5, 5.41) is 4.17. The van der Waals surface area contributed by atoms with Crippen molar-refractivity contribution in [2.45, 2.75) is 70.5 Å². The van der Waals surface area contributed by atoms with E-state index in [0.717, 1.165) is 31.9 Å². The van der Waals surface area contributed by atoms with Gasteiger partial charge in [-0.05, 0) is 56.0 Å². The van der Waals surface area contributed by atoms with E-state index in [2.05, 4.69) is 5.32 Å². The Kier molecular flexibility index (Phi) is 11.8. The molecule has 2 amide bonds. The zero-order chi connectivity index (χ0) is 29.4. The first-order valence-corrected chi connectivity index (χ1v) is 16.3. The molecule has 0 saturated heterocycles. The Morgan fingerprint density at radius 1 is 1.07 bits per heavy atom. The zero-order valence-corrected chi connectivity index (χ0v) is 26.0. The highest BCUT2D eigenvalue weighted by atomic mass is 35.5. The lowest BCUT2D eigenvalue weighted by molar-refractivity contribution is -0.141. The molecule has 2 aromatic carbocycles. The van der Waals surface area contributed by atoms with Gasteiger partial charge >= 0.3 is 0 Å². The summed E-state index contributed by atoms with van der Waals surface area (Å²) in [7, 11) is -2.20. The second-order valence-electron chi connectivity index (χ2n) is 9.89. The third kappa shape index (κ3) is 8.41. The Balaban J connectivity index is 1.81. The van der Waals surface area contributed by atoms with Crippen molar-refractivity contribution in [3.63, 3.8) is 0 Å². The number of carbonyl (C=O) groups is 2. The lowest BCUT2D eigenvalue weighted by Crippen LogP contribution is -2.51. The first-order chi connectivity index (χ1) is 19.0. The molecule has 220 valence electrons. The molecule has 0 bridgehead atoms. The van der Waals surface area contributed by atoms with Crippen molar-refractivity contribution >= 4 is 62.3 Å². The van der Waals surface area contributed by atoms with Crippen molar-refractivity contribution < 1.29 is 22.7 Å². The van der Waals surface area contributed by atoms with Gasteiger partial charge in [0.2, 0.25) is 21.8 Å². The molecule has 1 aliphatic rings. The number of methoxy groups -OCH3 is 1. The molecule has 0 unspecified atom stereocenters. The van der Waals surface area contributed by atoms with E-state index in [1.807, 2.05) is 6.92 Å². The van der Waals surface area contributed by atoms with Gasteiger partial charge in [0.25, 0.3) is 0 Å². The van der Waals surface area contributed by atoms with E-state index in [1.54, 1.807) is 30.3 Å². The van der Waals surface area contributed by atoms with E-state index in [0.29, 0.717) is 33.5 Å². The minimum Gasteiger partial charge on any atom is -0.495 e. The summed E-state index contributed by atoms with van der Waals surface area (Å²) >= 11 is 19.1. The molecule has 0 spiro atoms. The molecule has 1 atom stereocenters. The molecular formula is C28H36Cl3N3O5S. The summed E-state index contributed by atoms with van der Waals surface area (Å²) in [4.78, 5) is 28.5. The van der Waals surface area contributed by atoms with Crippen molar-refractivity contribution in [1.82, 2.24) is 10.2 Å². The smallest absolute Gasteiger partial charge is 0.243 e. The Bertz CT molecular complexity index is 1280. The van der Waals surface area contributed by atoms with Gasteiger partial charge in [0.15, 0.2) is 0 Å². The van der Waals surface area contributed by atoms with Crippen LogP contribution >= 0.6 is 34.8 Å². The molecule has 8 nitrogen and oxygen atoms in total. The number of halogens is 3. The number of hydrogen-bond donors (Lipinski definition) is 1. The number of ether oxygens (including phenoxy) is 1. The van der Waals surface area contributed by atoms with Gasteiger partial charge in [0.05, 0.1) is 24.1 Å². The van der Waals surface area contributed by atoms with Crippen LogP contribution in [0.1, 0.15) is 57.4 Å². The maximum Gasteiger partial charge on any atom is 0.243 e. The minimum absolute atomic E-state index is 0.00515. The fraction of sp³-hybridized carbons (Fsp3) is 0.500. The molecule has 2 aromatic rings. The van der Waals surface area contributed by atoms with Crippen LogP contribution in [0.25, 0.3) is 0 Å². The number of anilines is 1. The van der Waals surface area contributed by atoms with Gasteiger partial charge in [-0.2, -0.15) is 0 Å². The maximum atomic E-state index is 13.7. The van der Waals surface area contributed by atoms with E-state index in [1.165, 1.54) is 22.4 Å². The number of carbonyl (C=O) groups excluding carboxylic acids is 2. The van der Waals surface area contributed by atoms with Crippen LogP contribution in [0.15, 0.2) is 36.4 Å². The molecule has 1 N–H and O–H groups in total. The van der Waals surface area contributed by atoms with Crippen LogP contribution in [0.2, 0.25) is 15.1 Å². The predicted molar refractivity (Wildman–Crippen MR) is 161 cm³/mol. The van der Waals surface area contributed by atoms with Crippen molar-refractivity contribution in [3.05, 3.63) is 57.0 Å². The summed E-state index contributed by atoms with van der Waals surface area (Å²) in [5.74, 6) is -0.0911. The second kappa shape index (κ2) is 14.6. The fourth-order valence-corrected chi connectivity index (χ4v) is 6.68. The van der Waals surface area contributed by atoms with Crippen molar-refractivity contribution in [1.29, 1.82) is 0 Å². The van der Waals surface area contributed by atoms with Gasteiger partial charge in [-0.1, -0.05) is 60.6 Å². The summed E-state index contributed by atoms with van der Waals surface area (Å²) < 4.78 is 31.6. The lowest BCUT2D eigenvalue weighted by atomic mass is 10.1. The Morgan fingerprint density at radius 2 is 1.73 bits per heavy atom. The van der Waals surface area contributed by atoms with Crippen molar-refractivity contribution in [2.75, 3.05) is 24.2 Å². The molecular weight excluding hydrogens is 597 g/mol. The van der Waals surface area contributed by atoms with Crippen LogP contribution in [-0.2, 0) is 26.2 Å². The van der Waals surface area contributed by atoms with Gasteiger partial charge in [-0.15, -0.1) is 0 Å². The number of rotatable bonds is 13. The summed E-state index contributed by atoms with van der Waals surface area (Å²) in [6.45, 7) is 1.95. The van der Waals surface area contributed by atoms with Crippen molar-refractivity contribution in [3.8, 4) is 5.75 Å². The van der Waals surface area contributed by atoms with Crippen LogP contribution in [0.5, 0.6) is 5.75 Å². The van der Waals surface area contributed by atoms with Gasteiger partial charge in [0, 0.05) is 41.2 Å². The average molecular weight is 633 g/mol. The third-order valence-corrected chi connectivity index (χ3v) is 9.25. The topological polar surface area (TPSA) is 96.0 Å². The summed E-state index contributed by atoms with van der Waals surface area (Å²) in [6, 6.07) is 9.16. The molecule has 1 aliphatic carbocycles. The molecule has 3 rings (SSSR count). The predicted octanol–water partition coefficient (Wildman–Crippen LogP) is 6.07. The minimum atomic E-state index is -3.67. The van der Waals surface area contributed by atoms with Crippen LogP contribution in [0.4, 0.5) is 5.69 Å². The molecule has 0 aliphatic heterocycles. The maximum absolute atomic E-state index is 13.7. The van der Waals surface area contributed by atoms with E-state index < -0.39 is 16.1 Å². The summed E-state index contributed by atoms with van der Waals surface area (Å²) in [6.07, 6.45) is 5.68. The standard InChI is InChI=1S/C28H36Cl3N3O5S/c1-4-25(28(36)32-19-9-5-6-10-19)33(18-21-22(29)11-7-12-23(21)30)27(35)13-8-16-34(40(3,37)38)20-14-15-26(39-2)24(31)17-20/h7,11-12,14-15,17,19,25H,4-6,8-10,13,16,18H2,1-3H3,(H,32,36)/t25-/m0/s1. The SMILES string of the molecule is CC[C@@H](C(=O)NC1CCCC1)N(Cc1c(Cl)cccc1Cl)C(=O)CCCN(c1ccc(OC)c(Cl)c1)S(C)(=O)=O. The third-order valence-electron chi connectivity index (χ3n) is 7.05. The van der Waals surface area contributed by atoms with E-state index >= 15 is 0 Å². The zero-order valence-electron chi connectivity index (χ0n) is 23.0. The summed E-state index contributed by atoms with van der Waals surface area (Å²) in [5.41, 5.74) is 0.916. The Labute approximate surface area is 251 Å². The highest BCUT2D eigenvalue weighted by Crippen LogP contribution is 2.31. The fourth-order valence-electron chi connectivity index (χ4n) is 4.96. The number of nitrogens with one attached hydrogen (secondary N) is 1. The molecule has 0 heterocycles. The van der Waals surface area contributed by atoms with Crippen LogP contribution in [0.3, 0.4) is 0 Å². The van der Waals surface area contributed by atoms with Gasteiger partial charge < -0.3 is 15.0 Å². The molecule has 1 saturated carbocycles. The number of sulfonamides is 1. The van der Waals surface area contributed by atoms with Crippen molar-refractivity contribution in [2.24, 2.45) is 0 Å². The largest absolute Gasteiger partial charge is 0.495 e. The second-order valence-corrected chi connectivity index (χ2v) is 13.0. The van der Waals surface area contributed by atoms with Crippen LogP contribution in [0, 0.1) is 0 Å². The number of amides is 2. The molecule has 12 heteroatoms. The number of benzene rings is 2. The van der Waals surface area contributed by atoms with Crippen LogP contribution < -0.4 is 14.4 Å². The molecule has 0 aromatic heterocycles. The van der Waals surface area contributed by atoms with Gasteiger partial charge in [-0.3, -0.25) is 13.9 Å². The lowest BCUT2D eigenvalue weighted by Gasteiger charge is -2.32. The average Bonchev–Trinajstić information content (AvgIpc) is 3.40. The quantitative estimate of drug-likeness (QED) is 0.289. The Morgan fingerprint density at radius 3 is 2.27 bits per heavy atom. The first kappa shape index (κ1) is 32.3. The number of nitrogens with zero attached hydrogens (tertiary/aromatic N) is 2. The Hall–Kier alpha value is -2.20. The van der Waals surface area contributed by atoms with E-state index in [9.17, 15) is 18.0 Å². The number of hydrogen-bond acceptors (Lipinski definition) is 5. The van der Waals surface area contributed by atoms with Gasteiger partial charge in [-0.25, -0.2) is 8.42 Å². The molecule has 1 fully saturated rings.